The van der Waals surface area contributed by atoms with E-state index in [2.05, 4.69) is 9.80 Å². The number of carbonyl (C=O) groups excluding carboxylic acids is 1. The normalized spacial score (nSPS) is 39.3. The van der Waals surface area contributed by atoms with Gasteiger partial charge in [0.2, 0.25) is 5.91 Å². The van der Waals surface area contributed by atoms with Gasteiger partial charge in [-0.25, -0.2) is 0 Å². The van der Waals surface area contributed by atoms with E-state index in [1.54, 1.807) is 6.92 Å². The predicted octanol–water partition coefficient (Wildman–Crippen LogP) is 1.34. The molecule has 0 aromatic heterocycles. The maximum Gasteiger partial charge on any atom is 0.219 e. The molecule has 3 heteroatoms. The molecule has 0 aliphatic carbocycles. The van der Waals surface area contributed by atoms with Crippen LogP contribution in [0.3, 0.4) is 0 Å². The number of nitrogens with zero attached hydrogens (tertiary/aromatic N) is 2. The molecule has 1 amide bonds. The van der Waals surface area contributed by atoms with Gasteiger partial charge < -0.3 is 4.90 Å². The van der Waals surface area contributed by atoms with Crippen molar-refractivity contribution in [2.45, 2.75) is 38.6 Å². The fourth-order valence-corrected chi connectivity index (χ4v) is 4.02. The lowest BCUT2D eigenvalue weighted by atomic mass is 9.76. The van der Waals surface area contributed by atoms with Crippen molar-refractivity contribution in [3.8, 4) is 0 Å². The highest BCUT2D eigenvalue weighted by Crippen LogP contribution is 2.37. The van der Waals surface area contributed by atoms with Crippen molar-refractivity contribution < 1.29 is 4.79 Å². The second kappa shape index (κ2) is 4.02. The number of hydrogen-bond acceptors (Lipinski definition) is 2. The van der Waals surface area contributed by atoms with Crippen LogP contribution in [0, 0.1) is 11.8 Å². The second-order valence-electron chi connectivity index (χ2n) is 5.84. The number of likely N-dealkylation sites (tertiary alicyclic amines) is 1. The summed E-state index contributed by atoms with van der Waals surface area (Å²) in [7, 11) is 0. The first-order valence-corrected chi connectivity index (χ1v) is 6.73. The van der Waals surface area contributed by atoms with E-state index in [1.807, 2.05) is 0 Å². The van der Waals surface area contributed by atoms with Gasteiger partial charge in [-0.05, 0) is 37.6 Å². The first-order valence-electron chi connectivity index (χ1n) is 6.73. The zero-order valence-corrected chi connectivity index (χ0v) is 10.2. The van der Waals surface area contributed by atoms with Crippen molar-refractivity contribution in [2.75, 3.05) is 26.2 Å². The molecule has 0 aromatic carbocycles. The van der Waals surface area contributed by atoms with E-state index in [0.717, 1.165) is 31.0 Å². The average Bonchev–Trinajstić information content (AvgIpc) is 2.28. The lowest BCUT2D eigenvalue weighted by Gasteiger charge is -2.52. The van der Waals surface area contributed by atoms with Crippen molar-refractivity contribution in [1.29, 1.82) is 0 Å². The lowest BCUT2D eigenvalue weighted by molar-refractivity contribution is -0.135. The lowest BCUT2D eigenvalue weighted by Crippen LogP contribution is -2.59. The summed E-state index contributed by atoms with van der Waals surface area (Å²) in [5.74, 6) is 1.78. The van der Waals surface area contributed by atoms with E-state index in [-0.39, 0.29) is 5.91 Å². The Bertz CT molecular complexity index is 292. The van der Waals surface area contributed by atoms with Gasteiger partial charge in [0, 0.05) is 32.6 Å². The van der Waals surface area contributed by atoms with Crippen molar-refractivity contribution >= 4 is 5.91 Å². The third-order valence-corrected chi connectivity index (χ3v) is 4.72. The Morgan fingerprint density at radius 2 is 2.06 bits per heavy atom. The summed E-state index contributed by atoms with van der Waals surface area (Å²) < 4.78 is 0. The van der Waals surface area contributed by atoms with Crippen molar-refractivity contribution in [3.63, 3.8) is 0 Å². The molecule has 0 N–H and O–H groups in total. The largest absolute Gasteiger partial charge is 0.342 e. The van der Waals surface area contributed by atoms with Gasteiger partial charge in [0.15, 0.2) is 0 Å². The highest BCUT2D eigenvalue weighted by Gasteiger charge is 2.41. The molecule has 3 atom stereocenters. The maximum absolute atomic E-state index is 11.5. The summed E-state index contributed by atoms with van der Waals surface area (Å²) in [4.78, 5) is 16.3. The van der Waals surface area contributed by atoms with Gasteiger partial charge in [-0.3, -0.25) is 9.69 Å². The van der Waals surface area contributed by atoms with Gasteiger partial charge in [0.25, 0.3) is 0 Å². The molecule has 0 radical (unpaired) electrons. The molecule has 0 saturated carbocycles. The number of amides is 1. The van der Waals surface area contributed by atoms with Crippen LogP contribution in [-0.4, -0.2) is 47.9 Å². The molecular weight excluding hydrogens is 200 g/mol. The molecule has 16 heavy (non-hydrogen) atoms. The maximum atomic E-state index is 11.5. The van der Waals surface area contributed by atoms with Crippen LogP contribution in [0.4, 0.5) is 0 Å². The molecule has 3 aliphatic heterocycles. The van der Waals surface area contributed by atoms with Crippen molar-refractivity contribution in [2.24, 2.45) is 11.8 Å². The molecule has 3 fully saturated rings. The van der Waals surface area contributed by atoms with Gasteiger partial charge in [0.1, 0.15) is 0 Å². The van der Waals surface area contributed by atoms with Crippen LogP contribution in [0.2, 0.25) is 0 Å². The number of hydrogen-bond donors (Lipinski definition) is 0. The molecule has 2 bridgehead atoms. The Morgan fingerprint density at radius 1 is 1.19 bits per heavy atom. The summed E-state index contributed by atoms with van der Waals surface area (Å²) >= 11 is 0. The first-order chi connectivity index (χ1) is 7.74. The highest BCUT2D eigenvalue weighted by atomic mass is 16.2. The first kappa shape index (κ1) is 10.6. The summed E-state index contributed by atoms with van der Waals surface area (Å²) in [5.41, 5.74) is 0. The number of piperidine rings is 3. The van der Waals surface area contributed by atoms with Gasteiger partial charge in [0.05, 0.1) is 0 Å². The quantitative estimate of drug-likeness (QED) is 0.617. The SMILES string of the molecule is CC(=O)N1CC2CC(C1)C1CCCCN1C2. The van der Waals surface area contributed by atoms with E-state index in [1.165, 1.54) is 38.8 Å². The van der Waals surface area contributed by atoms with Crippen molar-refractivity contribution in [3.05, 3.63) is 0 Å². The monoisotopic (exact) mass is 222 g/mol. The van der Waals surface area contributed by atoms with Crippen LogP contribution >= 0.6 is 0 Å². The van der Waals surface area contributed by atoms with Gasteiger partial charge in [-0.1, -0.05) is 6.42 Å². The second-order valence-corrected chi connectivity index (χ2v) is 5.84. The minimum Gasteiger partial charge on any atom is -0.342 e. The summed E-state index contributed by atoms with van der Waals surface area (Å²) in [6.07, 6.45) is 5.50. The summed E-state index contributed by atoms with van der Waals surface area (Å²) in [6.45, 7) is 6.30. The summed E-state index contributed by atoms with van der Waals surface area (Å²) in [5, 5.41) is 0. The van der Waals surface area contributed by atoms with Crippen LogP contribution < -0.4 is 0 Å². The molecule has 3 nitrogen and oxygen atoms in total. The molecule has 3 aliphatic rings. The number of fused-ring (bicyclic) bond motifs is 4. The van der Waals surface area contributed by atoms with E-state index in [4.69, 9.17) is 0 Å². The Morgan fingerprint density at radius 3 is 2.88 bits per heavy atom. The fourth-order valence-electron chi connectivity index (χ4n) is 4.02. The smallest absolute Gasteiger partial charge is 0.219 e. The van der Waals surface area contributed by atoms with Crippen LogP contribution in [0.25, 0.3) is 0 Å². The minimum atomic E-state index is 0.277. The highest BCUT2D eigenvalue weighted by molar-refractivity contribution is 5.73. The zero-order valence-electron chi connectivity index (χ0n) is 10.2. The molecule has 3 rings (SSSR count). The van der Waals surface area contributed by atoms with Crippen LogP contribution in [-0.2, 0) is 4.79 Å². The average molecular weight is 222 g/mol. The standard InChI is InChI=1S/C13H22N2O/c1-10(16)15-8-11-6-12(9-15)13-4-2-3-5-14(13)7-11/h11-13H,2-9H2,1H3. The summed E-state index contributed by atoms with van der Waals surface area (Å²) in [6, 6.07) is 0.784. The third kappa shape index (κ3) is 1.75. The molecule has 90 valence electrons. The predicted molar refractivity (Wildman–Crippen MR) is 63.1 cm³/mol. The number of carbonyl (C=O) groups is 1. The van der Waals surface area contributed by atoms with E-state index < -0.39 is 0 Å². The Kier molecular flexibility index (Phi) is 2.66. The van der Waals surface area contributed by atoms with E-state index in [9.17, 15) is 4.79 Å². The van der Waals surface area contributed by atoms with E-state index in [0.29, 0.717) is 0 Å². The van der Waals surface area contributed by atoms with Gasteiger partial charge in [-0.2, -0.15) is 0 Å². The third-order valence-electron chi connectivity index (χ3n) is 4.72. The Hall–Kier alpha value is -0.570. The van der Waals surface area contributed by atoms with E-state index >= 15 is 0 Å². The minimum absolute atomic E-state index is 0.277. The topological polar surface area (TPSA) is 23.6 Å². The Labute approximate surface area is 97.8 Å². The van der Waals surface area contributed by atoms with Crippen LogP contribution in [0.15, 0.2) is 0 Å². The van der Waals surface area contributed by atoms with Crippen LogP contribution in [0.1, 0.15) is 32.6 Å². The molecule has 0 spiro atoms. The molecular formula is C13H22N2O. The van der Waals surface area contributed by atoms with Gasteiger partial charge in [-0.15, -0.1) is 0 Å². The number of rotatable bonds is 0. The molecule has 3 heterocycles. The molecule has 0 aromatic rings. The van der Waals surface area contributed by atoms with Crippen molar-refractivity contribution in [1.82, 2.24) is 9.80 Å². The zero-order chi connectivity index (χ0) is 11.1. The Balaban J connectivity index is 1.75. The fraction of sp³-hybridized carbons (Fsp3) is 0.923. The van der Waals surface area contributed by atoms with Crippen LogP contribution in [0.5, 0.6) is 0 Å². The van der Waals surface area contributed by atoms with Gasteiger partial charge >= 0.3 is 0 Å². The molecule has 3 saturated heterocycles. The molecule has 3 unspecified atom stereocenters.